The molecule has 1 amide bonds. The fraction of sp³-hybridized carbons (Fsp3) is 0.400. The van der Waals surface area contributed by atoms with Crippen molar-refractivity contribution in [3.63, 3.8) is 0 Å². The molecule has 2 atom stereocenters. The number of anilines is 1. The highest BCUT2D eigenvalue weighted by Crippen LogP contribution is 2.34. The third-order valence-electron chi connectivity index (χ3n) is 4.82. The highest BCUT2D eigenvalue weighted by atomic mass is 32.1. The highest BCUT2D eigenvalue weighted by Gasteiger charge is 2.24. The van der Waals surface area contributed by atoms with E-state index in [4.69, 9.17) is 14.2 Å². The minimum atomic E-state index is -0.902. The second kappa shape index (κ2) is 7.23. The predicted molar refractivity (Wildman–Crippen MR) is 102 cm³/mol. The summed E-state index contributed by atoms with van der Waals surface area (Å²) in [7, 11) is 0. The van der Waals surface area contributed by atoms with Crippen LogP contribution in [0.4, 0.5) is 5.69 Å². The molecule has 2 heterocycles. The second-order valence-electron chi connectivity index (χ2n) is 7.01. The van der Waals surface area contributed by atoms with Crippen molar-refractivity contribution < 1.29 is 23.8 Å². The molecule has 1 N–H and O–H groups in total. The van der Waals surface area contributed by atoms with Crippen LogP contribution in [0, 0.1) is 5.92 Å². The van der Waals surface area contributed by atoms with Crippen molar-refractivity contribution in [1.29, 1.82) is 0 Å². The number of aryl methyl sites for hydroxylation is 1. The first-order valence-corrected chi connectivity index (χ1v) is 9.84. The van der Waals surface area contributed by atoms with Crippen LogP contribution in [0.5, 0.6) is 11.5 Å². The van der Waals surface area contributed by atoms with Crippen LogP contribution >= 0.6 is 11.3 Å². The van der Waals surface area contributed by atoms with Gasteiger partial charge in [-0.2, -0.15) is 0 Å². The first-order chi connectivity index (χ1) is 13.0. The first kappa shape index (κ1) is 17.9. The van der Waals surface area contributed by atoms with Crippen molar-refractivity contribution in [3.05, 3.63) is 39.6 Å². The summed E-state index contributed by atoms with van der Waals surface area (Å²) in [4.78, 5) is 26.6. The predicted octanol–water partition coefficient (Wildman–Crippen LogP) is 3.79. The zero-order valence-corrected chi connectivity index (χ0v) is 16.1. The number of thiophene rings is 1. The van der Waals surface area contributed by atoms with Crippen LogP contribution in [0.1, 0.15) is 40.4 Å². The average molecular weight is 387 g/mol. The van der Waals surface area contributed by atoms with Crippen LogP contribution in [0.2, 0.25) is 0 Å². The Hall–Kier alpha value is -2.54. The van der Waals surface area contributed by atoms with Crippen LogP contribution in [0.25, 0.3) is 0 Å². The van der Waals surface area contributed by atoms with Gasteiger partial charge in [0.1, 0.15) is 4.88 Å². The SMILES string of the molecule is C[C@H]1CCc2sc(C(=O)O[C@H](C)C(=O)Nc3ccc4c(c3)OCO4)cc2C1. The van der Waals surface area contributed by atoms with Gasteiger partial charge in [0.25, 0.3) is 5.91 Å². The molecule has 6 nitrogen and oxygen atoms in total. The number of esters is 1. The normalized spacial score (nSPS) is 18.5. The first-order valence-electron chi connectivity index (χ1n) is 9.02. The molecule has 2 aliphatic rings. The van der Waals surface area contributed by atoms with E-state index >= 15 is 0 Å². The van der Waals surface area contributed by atoms with E-state index in [2.05, 4.69) is 12.2 Å². The number of hydrogen-bond acceptors (Lipinski definition) is 6. The third kappa shape index (κ3) is 3.78. The summed E-state index contributed by atoms with van der Waals surface area (Å²) in [6, 6.07) is 7.05. The zero-order valence-electron chi connectivity index (χ0n) is 15.2. The number of nitrogens with one attached hydrogen (secondary N) is 1. The second-order valence-corrected chi connectivity index (χ2v) is 8.15. The van der Waals surface area contributed by atoms with E-state index in [1.165, 1.54) is 21.8 Å². The van der Waals surface area contributed by atoms with Gasteiger partial charge < -0.3 is 19.5 Å². The van der Waals surface area contributed by atoms with Gasteiger partial charge in [-0.3, -0.25) is 4.79 Å². The summed E-state index contributed by atoms with van der Waals surface area (Å²) in [5.74, 6) is 1.02. The van der Waals surface area contributed by atoms with Crippen molar-refractivity contribution >= 4 is 28.9 Å². The number of carbonyl (C=O) groups excluding carboxylic acids is 2. The summed E-state index contributed by atoms with van der Waals surface area (Å²) in [6.07, 6.45) is 2.26. The molecule has 1 aliphatic heterocycles. The van der Waals surface area contributed by atoms with Gasteiger partial charge >= 0.3 is 5.97 Å². The largest absolute Gasteiger partial charge is 0.454 e. The molecule has 0 saturated carbocycles. The number of fused-ring (bicyclic) bond motifs is 2. The van der Waals surface area contributed by atoms with Gasteiger partial charge in [0.15, 0.2) is 17.6 Å². The Morgan fingerprint density at radius 2 is 2.07 bits per heavy atom. The molecular formula is C20H21NO5S. The Morgan fingerprint density at radius 3 is 2.93 bits per heavy atom. The summed E-state index contributed by atoms with van der Waals surface area (Å²) >= 11 is 1.48. The molecule has 0 bridgehead atoms. The molecule has 0 unspecified atom stereocenters. The number of ether oxygens (including phenoxy) is 3. The number of rotatable bonds is 4. The van der Waals surface area contributed by atoms with Crippen LogP contribution in [0.3, 0.4) is 0 Å². The molecule has 2 aromatic rings. The van der Waals surface area contributed by atoms with Crippen molar-refractivity contribution in [2.24, 2.45) is 5.92 Å². The molecule has 1 aliphatic carbocycles. The Kier molecular flexibility index (Phi) is 4.78. The van der Waals surface area contributed by atoms with Gasteiger partial charge in [-0.15, -0.1) is 11.3 Å². The molecule has 0 fully saturated rings. The van der Waals surface area contributed by atoms with Crippen molar-refractivity contribution in [2.75, 3.05) is 12.1 Å². The molecule has 7 heteroatoms. The summed E-state index contributed by atoms with van der Waals surface area (Å²) in [6.45, 7) is 3.96. The third-order valence-corrected chi connectivity index (χ3v) is 6.04. The highest BCUT2D eigenvalue weighted by molar-refractivity contribution is 7.14. The van der Waals surface area contributed by atoms with Gasteiger partial charge in [-0.25, -0.2) is 4.79 Å². The molecule has 0 saturated heterocycles. The maximum atomic E-state index is 12.4. The van der Waals surface area contributed by atoms with Crippen molar-refractivity contribution in [1.82, 2.24) is 0 Å². The maximum absolute atomic E-state index is 12.4. The molecule has 0 radical (unpaired) electrons. The topological polar surface area (TPSA) is 73.9 Å². The summed E-state index contributed by atoms with van der Waals surface area (Å²) in [5.41, 5.74) is 1.80. The lowest BCUT2D eigenvalue weighted by atomic mass is 9.90. The molecule has 1 aromatic heterocycles. The van der Waals surface area contributed by atoms with E-state index in [9.17, 15) is 9.59 Å². The lowest BCUT2D eigenvalue weighted by molar-refractivity contribution is -0.123. The van der Waals surface area contributed by atoms with Gasteiger partial charge in [0, 0.05) is 16.6 Å². The molecule has 0 spiro atoms. The number of hydrogen-bond donors (Lipinski definition) is 1. The number of amides is 1. The standard InChI is InChI=1S/C20H21NO5S/c1-11-3-6-17-13(7-11)8-18(27-17)20(23)26-12(2)19(22)21-14-4-5-15-16(9-14)25-10-24-15/h4-5,8-9,11-12H,3,6-7,10H2,1-2H3,(H,21,22)/t11-,12+/m0/s1. The van der Waals surface area contributed by atoms with Crippen molar-refractivity contribution in [3.8, 4) is 11.5 Å². The quantitative estimate of drug-likeness (QED) is 0.808. The molecule has 142 valence electrons. The monoisotopic (exact) mass is 387 g/mol. The van der Waals surface area contributed by atoms with Gasteiger partial charge in [-0.05, 0) is 55.9 Å². The Bertz CT molecular complexity index is 890. The average Bonchev–Trinajstić information content (AvgIpc) is 3.27. The van der Waals surface area contributed by atoms with E-state index in [0.29, 0.717) is 28.0 Å². The van der Waals surface area contributed by atoms with Crippen LogP contribution < -0.4 is 14.8 Å². The minimum Gasteiger partial charge on any atom is -0.454 e. The smallest absolute Gasteiger partial charge is 0.349 e. The Morgan fingerprint density at radius 1 is 1.26 bits per heavy atom. The number of carbonyl (C=O) groups is 2. The summed E-state index contributed by atoms with van der Waals surface area (Å²) < 4.78 is 15.9. The molecule has 27 heavy (non-hydrogen) atoms. The minimum absolute atomic E-state index is 0.171. The fourth-order valence-electron chi connectivity index (χ4n) is 3.30. The van der Waals surface area contributed by atoms with E-state index in [1.807, 2.05) is 6.07 Å². The molecule has 4 rings (SSSR count). The van der Waals surface area contributed by atoms with E-state index in [0.717, 1.165) is 19.3 Å². The van der Waals surface area contributed by atoms with Gasteiger partial charge in [-0.1, -0.05) is 6.92 Å². The van der Waals surface area contributed by atoms with Crippen molar-refractivity contribution in [2.45, 2.75) is 39.2 Å². The number of benzene rings is 1. The Balaban J connectivity index is 1.37. The maximum Gasteiger partial charge on any atom is 0.349 e. The van der Waals surface area contributed by atoms with Gasteiger partial charge in [0.2, 0.25) is 6.79 Å². The fourth-order valence-corrected chi connectivity index (χ4v) is 4.39. The zero-order chi connectivity index (χ0) is 19.0. The van der Waals surface area contributed by atoms with E-state index in [-0.39, 0.29) is 6.79 Å². The van der Waals surface area contributed by atoms with Crippen LogP contribution in [-0.4, -0.2) is 24.8 Å². The van der Waals surface area contributed by atoms with Gasteiger partial charge in [0.05, 0.1) is 0 Å². The van der Waals surface area contributed by atoms with Crippen LogP contribution in [0.15, 0.2) is 24.3 Å². The lowest BCUT2D eigenvalue weighted by Gasteiger charge is -2.16. The Labute approximate surface area is 161 Å². The molecular weight excluding hydrogens is 366 g/mol. The molecule has 1 aromatic carbocycles. The van der Waals surface area contributed by atoms with E-state index < -0.39 is 18.0 Å². The summed E-state index contributed by atoms with van der Waals surface area (Å²) in [5, 5.41) is 2.73. The van der Waals surface area contributed by atoms with E-state index in [1.54, 1.807) is 25.1 Å². The lowest BCUT2D eigenvalue weighted by Crippen LogP contribution is -2.29. The van der Waals surface area contributed by atoms with Crippen LogP contribution in [-0.2, 0) is 22.4 Å².